The summed E-state index contributed by atoms with van der Waals surface area (Å²) < 4.78 is 6.30. The minimum absolute atomic E-state index is 0.0150. The molecule has 0 radical (unpaired) electrons. The van der Waals surface area contributed by atoms with Crippen LogP contribution in [0.3, 0.4) is 0 Å². The van der Waals surface area contributed by atoms with Crippen molar-refractivity contribution in [2.24, 2.45) is 20.5 Å². The van der Waals surface area contributed by atoms with Crippen molar-refractivity contribution >= 4 is 38.1 Å². The maximum absolute atomic E-state index is 10.8. The number of aromatic nitrogens is 1. The summed E-state index contributed by atoms with van der Waals surface area (Å²) in [5, 5.41) is 28.4. The van der Waals surface area contributed by atoms with Crippen LogP contribution in [0.25, 0.3) is 10.2 Å². The summed E-state index contributed by atoms with van der Waals surface area (Å²) >= 11 is 1.43. The van der Waals surface area contributed by atoms with Gasteiger partial charge in [-0.2, -0.15) is 15.3 Å². The lowest BCUT2D eigenvalue weighted by molar-refractivity contribution is -0.384. The molecule has 9 nitrogen and oxygen atoms in total. The number of hydrogen-bond acceptors (Lipinski definition) is 9. The molecule has 3 aromatic carbocycles. The normalized spacial score (nSPS) is 12.5. The van der Waals surface area contributed by atoms with Crippen LogP contribution in [-0.4, -0.2) is 17.0 Å². The second-order valence-corrected chi connectivity index (χ2v) is 7.33. The zero-order valence-corrected chi connectivity index (χ0v) is 17.1. The summed E-state index contributed by atoms with van der Waals surface area (Å²) in [6, 6.07) is 20.8. The van der Waals surface area contributed by atoms with Gasteiger partial charge in [-0.3, -0.25) is 10.1 Å². The van der Waals surface area contributed by atoms with Gasteiger partial charge in [0.15, 0.2) is 0 Å². The number of thiazole rings is 1. The van der Waals surface area contributed by atoms with Crippen molar-refractivity contribution in [2.45, 2.75) is 6.17 Å². The Morgan fingerprint density at radius 2 is 1.77 bits per heavy atom. The van der Waals surface area contributed by atoms with Gasteiger partial charge in [0, 0.05) is 17.7 Å². The fourth-order valence-corrected chi connectivity index (χ4v) is 3.52. The lowest BCUT2D eigenvalue weighted by atomic mass is 10.2. The van der Waals surface area contributed by atoms with E-state index in [9.17, 15) is 10.1 Å². The lowest BCUT2D eigenvalue weighted by Gasteiger charge is -2.07. The zero-order chi connectivity index (χ0) is 21.6. The minimum Gasteiger partial charge on any atom is -0.497 e. The van der Waals surface area contributed by atoms with E-state index >= 15 is 0 Å². The molecule has 0 saturated heterocycles. The number of methoxy groups -OCH3 is 1. The molecule has 0 fully saturated rings. The molecule has 0 spiro atoms. The second kappa shape index (κ2) is 9.18. The lowest BCUT2D eigenvalue weighted by Crippen LogP contribution is -1.92. The average molecular weight is 432 g/mol. The highest BCUT2D eigenvalue weighted by molar-refractivity contribution is 7.21. The number of fused-ring (bicyclic) bond motifs is 1. The van der Waals surface area contributed by atoms with Crippen LogP contribution in [-0.2, 0) is 0 Å². The van der Waals surface area contributed by atoms with Crippen molar-refractivity contribution in [3.63, 3.8) is 0 Å². The Hall–Kier alpha value is -4.05. The van der Waals surface area contributed by atoms with Gasteiger partial charge in [0.2, 0.25) is 11.3 Å². The minimum atomic E-state index is -0.739. The summed E-state index contributed by atoms with van der Waals surface area (Å²) in [5.74, 6) is 0.656. The highest BCUT2D eigenvalue weighted by atomic mass is 32.1. The molecule has 0 amide bonds. The topological polar surface area (TPSA) is 115 Å². The zero-order valence-electron chi connectivity index (χ0n) is 16.3. The Balaban J connectivity index is 1.64. The quantitative estimate of drug-likeness (QED) is 0.182. The molecule has 4 aromatic rings. The monoisotopic (exact) mass is 432 g/mol. The van der Waals surface area contributed by atoms with Gasteiger partial charge in [0.1, 0.15) is 5.75 Å². The van der Waals surface area contributed by atoms with E-state index in [1.165, 1.54) is 35.6 Å². The number of azo groups is 2. The molecule has 0 aliphatic heterocycles. The number of benzene rings is 3. The first-order valence-corrected chi connectivity index (χ1v) is 10.00. The fourth-order valence-electron chi connectivity index (χ4n) is 2.73. The van der Waals surface area contributed by atoms with Gasteiger partial charge < -0.3 is 4.74 Å². The number of nitro groups is 1. The van der Waals surface area contributed by atoms with Crippen LogP contribution < -0.4 is 4.74 Å². The number of nitro benzene ring substituents is 1. The highest BCUT2D eigenvalue weighted by Crippen LogP contribution is 2.31. The van der Waals surface area contributed by atoms with Gasteiger partial charge in [-0.05, 0) is 36.4 Å². The van der Waals surface area contributed by atoms with Crippen LogP contribution in [0.1, 0.15) is 11.7 Å². The fraction of sp³-hybridized carbons (Fsp3) is 0.0952. The van der Waals surface area contributed by atoms with Gasteiger partial charge in [0.25, 0.3) is 5.69 Å². The molecule has 1 atom stereocenters. The molecular formula is C21H16N6O3S. The molecule has 1 heterocycles. The van der Waals surface area contributed by atoms with Crippen LogP contribution in [0, 0.1) is 10.1 Å². The summed E-state index contributed by atoms with van der Waals surface area (Å²) in [6.45, 7) is 0. The standard InChI is InChI=1S/C21H16N6O3S/c1-30-17-6-4-5-14(13-17)20(24-23-15-9-11-16(12-10-15)27(28)29)25-26-21-22-18-7-2-3-8-19(18)31-21/h2-13,20H,1H3. The van der Waals surface area contributed by atoms with Crippen LogP contribution in [0.2, 0.25) is 0 Å². The molecule has 31 heavy (non-hydrogen) atoms. The third kappa shape index (κ3) is 4.93. The van der Waals surface area contributed by atoms with Gasteiger partial charge in [-0.25, -0.2) is 4.98 Å². The van der Waals surface area contributed by atoms with E-state index in [0.29, 0.717) is 16.6 Å². The van der Waals surface area contributed by atoms with Gasteiger partial charge in [-0.15, -0.1) is 5.11 Å². The molecule has 0 saturated carbocycles. The Morgan fingerprint density at radius 3 is 2.52 bits per heavy atom. The number of ether oxygens (including phenoxy) is 1. The third-order valence-electron chi connectivity index (χ3n) is 4.27. The number of para-hydroxylation sites is 1. The van der Waals surface area contributed by atoms with Gasteiger partial charge in [0.05, 0.1) is 27.9 Å². The van der Waals surface area contributed by atoms with Crippen LogP contribution >= 0.6 is 11.3 Å². The van der Waals surface area contributed by atoms with E-state index in [1.807, 2.05) is 42.5 Å². The van der Waals surface area contributed by atoms with Crippen molar-refractivity contribution in [3.8, 4) is 5.75 Å². The summed E-state index contributed by atoms with van der Waals surface area (Å²) in [5.41, 5.74) is 2.04. The van der Waals surface area contributed by atoms with Crippen LogP contribution in [0.4, 0.5) is 16.5 Å². The van der Waals surface area contributed by atoms with E-state index in [0.717, 1.165) is 15.8 Å². The Labute approximate surface area is 180 Å². The Morgan fingerprint density at radius 1 is 1.00 bits per heavy atom. The van der Waals surface area contributed by atoms with E-state index in [2.05, 4.69) is 25.4 Å². The number of non-ortho nitro benzene ring substituents is 1. The molecule has 10 heteroatoms. The molecule has 0 bridgehead atoms. The van der Waals surface area contributed by atoms with Crippen molar-refractivity contribution in [2.75, 3.05) is 7.11 Å². The predicted molar refractivity (Wildman–Crippen MR) is 117 cm³/mol. The molecular weight excluding hydrogens is 416 g/mol. The first-order valence-electron chi connectivity index (χ1n) is 9.18. The summed E-state index contributed by atoms with van der Waals surface area (Å²) in [4.78, 5) is 14.8. The highest BCUT2D eigenvalue weighted by Gasteiger charge is 2.12. The summed E-state index contributed by atoms with van der Waals surface area (Å²) in [7, 11) is 1.58. The van der Waals surface area contributed by atoms with Gasteiger partial charge in [-0.1, -0.05) is 35.6 Å². The van der Waals surface area contributed by atoms with Crippen LogP contribution in [0.15, 0.2) is 93.3 Å². The molecule has 0 N–H and O–H groups in total. The van der Waals surface area contributed by atoms with Crippen molar-refractivity contribution in [1.29, 1.82) is 0 Å². The molecule has 1 aromatic heterocycles. The van der Waals surface area contributed by atoms with Crippen LogP contribution in [0.5, 0.6) is 5.75 Å². The molecule has 0 aliphatic rings. The smallest absolute Gasteiger partial charge is 0.269 e. The first-order chi connectivity index (χ1) is 15.1. The third-order valence-corrected chi connectivity index (χ3v) is 5.19. The van der Waals surface area contributed by atoms with Gasteiger partial charge >= 0.3 is 0 Å². The maximum atomic E-state index is 10.8. The van der Waals surface area contributed by atoms with Crippen molar-refractivity contribution in [3.05, 3.63) is 88.5 Å². The maximum Gasteiger partial charge on any atom is 0.269 e. The predicted octanol–water partition coefficient (Wildman–Crippen LogP) is 6.78. The van der Waals surface area contributed by atoms with E-state index in [1.54, 1.807) is 13.2 Å². The molecule has 0 aliphatic carbocycles. The molecule has 154 valence electrons. The average Bonchev–Trinajstić information content (AvgIpc) is 3.22. The number of hydrogen-bond donors (Lipinski definition) is 0. The summed E-state index contributed by atoms with van der Waals surface area (Å²) in [6.07, 6.45) is -0.739. The number of nitrogens with zero attached hydrogens (tertiary/aromatic N) is 6. The SMILES string of the molecule is COc1cccc(C(N=Nc2ccc([N+](=O)[O-])cc2)N=Nc2nc3ccccc3s2)c1. The van der Waals surface area contributed by atoms with E-state index in [4.69, 9.17) is 4.74 Å². The van der Waals surface area contributed by atoms with Crippen molar-refractivity contribution in [1.82, 2.24) is 4.98 Å². The molecule has 1 unspecified atom stereocenters. The Kier molecular flexibility index (Phi) is 5.99. The first kappa shape index (κ1) is 20.2. The number of rotatable bonds is 7. The Bertz CT molecular complexity index is 1240. The van der Waals surface area contributed by atoms with Crippen molar-refractivity contribution < 1.29 is 9.66 Å². The second-order valence-electron chi connectivity index (χ2n) is 6.32. The van der Waals surface area contributed by atoms with E-state index < -0.39 is 11.1 Å². The largest absolute Gasteiger partial charge is 0.497 e. The van der Waals surface area contributed by atoms with E-state index in [-0.39, 0.29) is 5.69 Å². The molecule has 4 rings (SSSR count).